The minimum atomic E-state index is 0.215. The van der Waals surface area contributed by atoms with Gasteiger partial charge in [0.05, 0.1) is 6.10 Å². The Kier molecular flexibility index (Phi) is 6.35. The van der Waals surface area contributed by atoms with Gasteiger partial charge in [-0.3, -0.25) is 0 Å². The van der Waals surface area contributed by atoms with Gasteiger partial charge >= 0.3 is 0 Å². The highest BCUT2D eigenvalue weighted by atomic mass is 16.5. The smallest absolute Gasteiger partial charge is 0.0645 e. The van der Waals surface area contributed by atoms with Crippen LogP contribution in [0.4, 0.5) is 0 Å². The van der Waals surface area contributed by atoms with Crippen LogP contribution in [0.5, 0.6) is 0 Å². The fourth-order valence-corrected chi connectivity index (χ4v) is 1.30. The lowest BCUT2D eigenvalue weighted by Gasteiger charge is -2.30. The Morgan fingerprint density at radius 1 is 1.08 bits per heavy atom. The van der Waals surface area contributed by atoms with E-state index in [1.54, 1.807) is 0 Å². The van der Waals surface area contributed by atoms with Crippen molar-refractivity contribution in [3.63, 3.8) is 0 Å². The van der Waals surface area contributed by atoms with Gasteiger partial charge in [0.25, 0.3) is 0 Å². The van der Waals surface area contributed by atoms with Crippen molar-refractivity contribution in [1.82, 2.24) is 0 Å². The molecule has 13 heavy (non-hydrogen) atoms. The number of rotatable bonds is 6. The molecule has 0 rings (SSSR count). The van der Waals surface area contributed by atoms with Crippen LogP contribution in [0.15, 0.2) is 0 Å². The summed E-state index contributed by atoms with van der Waals surface area (Å²) >= 11 is 0. The summed E-state index contributed by atoms with van der Waals surface area (Å²) < 4.78 is 11.0. The van der Waals surface area contributed by atoms with Crippen molar-refractivity contribution in [3.8, 4) is 0 Å². The summed E-state index contributed by atoms with van der Waals surface area (Å²) in [4.78, 5) is 0. The second kappa shape index (κ2) is 6.39. The molecular weight excluding hydrogens is 164 g/mol. The number of hydrogen-bond acceptors (Lipinski definition) is 2. The third-order valence-electron chi connectivity index (χ3n) is 2.06. The van der Waals surface area contributed by atoms with Crippen LogP contribution in [-0.4, -0.2) is 25.9 Å². The highest BCUT2D eigenvalue weighted by Crippen LogP contribution is 2.24. The van der Waals surface area contributed by atoms with Gasteiger partial charge in [-0.2, -0.15) is 0 Å². The molecule has 0 aliphatic carbocycles. The zero-order valence-electron chi connectivity index (χ0n) is 9.72. The molecule has 1 atom stereocenters. The summed E-state index contributed by atoms with van der Waals surface area (Å²) in [5.74, 6) is 0. The summed E-state index contributed by atoms with van der Waals surface area (Å²) in [5.41, 5.74) is 0.215. The Morgan fingerprint density at radius 3 is 2.08 bits per heavy atom. The van der Waals surface area contributed by atoms with E-state index in [2.05, 4.69) is 20.8 Å². The molecule has 0 radical (unpaired) electrons. The normalized spacial score (nSPS) is 14.5. The summed E-state index contributed by atoms with van der Waals surface area (Å²) in [7, 11) is 0. The standard InChI is InChI=1S/C11H24O2/c1-6-12-9-8-10(13-7-2)11(3,4)5/h10H,6-9H2,1-5H3. The van der Waals surface area contributed by atoms with Crippen LogP contribution in [0.25, 0.3) is 0 Å². The van der Waals surface area contributed by atoms with Crippen LogP contribution in [0, 0.1) is 5.41 Å². The lowest BCUT2D eigenvalue weighted by Crippen LogP contribution is -2.30. The molecule has 0 aromatic heterocycles. The molecule has 0 N–H and O–H groups in total. The fraction of sp³-hybridized carbons (Fsp3) is 1.00. The van der Waals surface area contributed by atoms with E-state index in [4.69, 9.17) is 9.47 Å². The van der Waals surface area contributed by atoms with Crippen LogP contribution in [-0.2, 0) is 9.47 Å². The molecule has 0 saturated heterocycles. The van der Waals surface area contributed by atoms with E-state index in [0.717, 1.165) is 26.2 Å². The van der Waals surface area contributed by atoms with Gasteiger partial charge in [-0.1, -0.05) is 20.8 Å². The van der Waals surface area contributed by atoms with Gasteiger partial charge in [0, 0.05) is 19.8 Å². The van der Waals surface area contributed by atoms with Gasteiger partial charge in [-0.15, -0.1) is 0 Å². The van der Waals surface area contributed by atoms with E-state index >= 15 is 0 Å². The first-order valence-corrected chi connectivity index (χ1v) is 5.21. The molecule has 0 bridgehead atoms. The molecule has 2 nitrogen and oxygen atoms in total. The second-order valence-corrected chi connectivity index (χ2v) is 4.30. The molecule has 2 heteroatoms. The van der Waals surface area contributed by atoms with E-state index in [-0.39, 0.29) is 5.41 Å². The van der Waals surface area contributed by atoms with E-state index in [1.807, 2.05) is 13.8 Å². The van der Waals surface area contributed by atoms with Gasteiger partial charge in [0.1, 0.15) is 0 Å². The van der Waals surface area contributed by atoms with Crippen LogP contribution < -0.4 is 0 Å². The third-order valence-corrected chi connectivity index (χ3v) is 2.06. The summed E-state index contributed by atoms with van der Waals surface area (Å²) in [6.07, 6.45) is 1.30. The Morgan fingerprint density at radius 2 is 1.69 bits per heavy atom. The SMILES string of the molecule is CCOCCC(OCC)C(C)(C)C. The monoisotopic (exact) mass is 188 g/mol. The Labute approximate surface area is 82.6 Å². The molecule has 0 aromatic carbocycles. The van der Waals surface area contributed by atoms with E-state index in [1.165, 1.54) is 0 Å². The zero-order valence-corrected chi connectivity index (χ0v) is 9.72. The molecule has 0 fully saturated rings. The Balaban J connectivity index is 3.81. The van der Waals surface area contributed by atoms with Crippen molar-refractivity contribution >= 4 is 0 Å². The lowest BCUT2D eigenvalue weighted by atomic mass is 9.87. The first kappa shape index (κ1) is 12.9. The first-order chi connectivity index (χ1) is 6.02. The molecule has 0 amide bonds. The van der Waals surface area contributed by atoms with Crippen molar-refractivity contribution in [2.24, 2.45) is 5.41 Å². The lowest BCUT2D eigenvalue weighted by molar-refractivity contribution is -0.0320. The molecule has 0 aliphatic rings. The van der Waals surface area contributed by atoms with Crippen molar-refractivity contribution in [2.75, 3.05) is 19.8 Å². The van der Waals surface area contributed by atoms with Crippen molar-refractivity contribution in [2.45, 2.75) is 47.1 Å². The topological polar surface area (TPSA) is 18.5 Å². The molecule has 0 aliphatic heterocycles. The highest BCUT2D eigenvalue weighted by Gasteiger charge is 2.24. The average molecular weight is 188 g/mol. The molecule has 80 valence electrons. The minimum Gasteiger partial charge on any atom is -0.382 e. The maximum atomic E-state index is 5.67. The van der Waals surface area contributed by atoms with Crippen LogP contribution in [0.1, 0.15) is 41.0 Å². The Bertz CT molecular complexity index is 116. The predicted octanol–water partition coefficient (Wildman–Crippen LogP) is 2.86. The van der Waals surface area contributed by atoms with Gasteiger partial charge in [0.15, 0.2) is 0 Å². The molecule has 0 aromatic rings. The van der Waals surface area contributed by atoms with Gasteiger partial charge in [-0.05, 0) is 25.7 Å². The molecule has 0 heterocycles. The quantitative estimate of drug-likeness (QED) is 0.597. The highest BCUT2D eigenvalue weighted by molar-refractivity contribution is 4.74. The van der Waals surface area contributed by atoms with Crippen LogP contribution >= 0.6 is 0 Å². The summed E-state index contributed by atoms with van der Waals surface area (Å²) in [6.45, 7) is 13.1. The summed E-state index contributed by atoms with van der Waals surface area (Å²) in [6, 6.07) is 0. The number of hydrogen-bond donors (Lipinski definition) is 0. The molecule has 0 spiro atoms. The van der Waals surface area contributed by atoms with Crippen LogP contribution in [0.2, 0.25) is 0 Å². The van der Waals surface area contributed by atoms with Crippen molar-refractivity contribution in [1.29, 1.82) is 0 Å². The first-order valence-electron chi connectivity index (χ1n) is 5.21. The van der Waals surface area contributed by atoms with E-state index in [9.17, 15) is 0 Å². The maximum Gasteiger partial charge on any atom is 0.0645 e. The largest absolute Gasteiger partial charge is 0.382 e. The van der Waals surface area contributed by atoms with E-state index in [0.29, 0.717) is 6.10 Å². The van der Waals surface area contributed by atoms with E-state index < -0.39 is 0 Å². The summed E-state index contributed by atoms with van der Waals surface area (Å²) in [5, 5.41) is 0. The maximum absolute atomic E-state index is 5.67. The second-order valence-electron chi connectivity index (χ2n) is 4.30. The fourth-order valence-electron chi connectivity index (χ4n) is 1.30. The third kappa shape index (κ3) is 6.05. The van der Waals surface area contributed by atoms with Crippen LogP contribution in [0.3, 0.4) is 0 Å². The van der Waals surface area contributed by atoms with Gasteiger partial charge in [-0.25, -0.2) is 0 Å². The van der Waals surface area contributed by atoms with Crippen molar-refractivity contribution in [3.05, 3.63) is 0 Å². The molecule has 0 saturated carbocycles. The average Bonchev–Trinajstić information content (AvgIpc) is 2.01. The van der Waals surface area contributed by atoms with Crippen molar-refractivity contribution < 1.29 is 9.47 Å². The molecule has 1 unspecified atom stereocenters. The predicted molar refractivity (Wildman–Crippen MR) is 56.0 cm³/mol. The number of ether oxygens (including phenoxy) is 2. The zero-order chi connectivity index (χ0) is 10.3. The van der Waals surface area contributed by atoms with Gasteiger partial charge < -0.3 is 9.47 Å². The molecular formula is C11H24O2. The van der Waals surface area contributed by atoms with Gasteiger partial charge in [0.2, 0.25) is 0 Å². The minimum absolute atomic E-state index is 0.215. The Hall–Kier alpha value is -0.0800.